The fourth-order valence-electron chi connectivity index (χ4n) is 5.51. The lowest BCUT2D eigenvalue weighted by atomic mass is 10.0. The monoisotopic (exact) mass is 558 g/mol. The number of piperazine rings is 1. The molecule has 214 valence electrons. The van der Waals surface area contributed by atoms with Crippen LogP contribution in [0.25, 0.3) is 22.3 Å². The number of pyridine rings is 1. The van der Waals surface area contributed by atoms with Gasteiger partial charge in [0.25, 0.3) is 0 Å². The molecule has 41 heavy (non-hydrogen) atoms. The summed E-state index contributed by atoms with van der Waals surface area (Å²) in [6, 6.07) is 9.53. The average Bonchev–Trinajstić information content (AvgIpc) is 3.45. The molecule has 2 aliphatic rings. The van der Waals surface area contributed by atoms with E-state index in [0.29, 0.717) is 37.6 Å². The van der Waals surface area contributed by atoms with Gasteiger partial charge in [-0.3, -0.25) is 0 Å². The van der Waals surface area contributed by atoms with Crippen LogP contribution >= 0.6 is 0 Å². The molecule has 0 radical (unpaired) electrons. The summed E-state index contributed by atoms with van der Waals surface area (Å²) in [7, 11) is 0. The number of amides is 1. The number of rotatable bonds is 4. The van der Waals surface area contributed by atoms with Crippen LogP contribution in [0.2, 0.25) is 0 Å². The van der Waals surface area contributed by atoms with Crippen molar-refractivity contribution in [3.8, 4) is 11.3 Å². The number of carbonyl (C=O) groups excluding carboxylic acids is 1. The number of anilines is 3. The molecule has 0 unspecified atom stereocenters. The summed E-state index contributed by atoms with van der Waals surface area (Å²) < 4.78 is 22.7. The minimum atomic E-state index is -0.513. The van der Waals surface area contributed by atoms with E-state index >= 15 is 0 Å². The Morgan fingerprint density at radius 3 is 2.51 bits per heavy atom. The number of nitrogens with one attached hydrogen (secondary N) is 1. The Bertz CT molecular complexity index is 1600. The maximum Gasteiger partial charge on any atom is 0.410 e. The molecular formula is C30H35FN8O2. The minimum absolute atomic E-state index is 0.0385. The van der Waals surface area contributed by atoms with E-state index in [-0.39, 0.29) is 23.3 Å². The van der Waals surface area contributed by atoms with Crippen LogP contribution in [-0.2, 0) is 16.7 Å². The van der Waals surface area contributed by atoms with E-state index in [9.17, 15) is 9.18 Å². The molecule has 0 bridgehead atoms. The topological polar surface area (TPSA) is 101 Å². The maximum absolute atomic E-state index is 14.9. The van der Waals surface area contributed by atoms with Crippen LogP contribution in [0, 0.1) is 5.82 Å². The number of aromatic nitrogens is 5. The molecule has 0 aliphatic carbocycles. The van der Waals surface area contributed by atoms with Gasteiger partial charge in [-0.1, -0.05) is 6.07 Å². The molecule has 0 saturated carbocycles. The third kappa shape index (κ3) is 5.40. The summed E-state index contributed by atoms with van der Waals surface area (Å²) in [5, 5.41) is 3.10. The lowest BCUT2D eigenvalue weighted by Gasteiger charge is -2.36. The van der Waals surface area contributed by atoms with Gasteiger partial charge in [-0.05, 0) is 65.3 Å². The highest BCUT2D eigenvalue weighted by atomic mass is 19.1. The highest BCUT2D eigenvalue weighted by Gasteiger charge is 2.32. The van der Waals surface area contributed by atoms with E-state index in [1.807, 2.05) is 51.1 Å². The molecule has 3 aromatic heterocycles. The molecule has 5 heterocycles. The van der Waals surface area contributed by atoms with Gasteiger partial charge >= 0.3 is 6.09 Å². The van der Waals surface area contributed by atoms with E-state index in [0.717, 1.165) is 35.4 Å². The fourth-order valence-corrected chi connectivity index (χ4v) is 5.51. The number of imidazole rings is 1. The van der Waals surface area contributed by atoms with Gasteiger partial charge in [0.1, 0.15) is 22.9 Å². The summed E-state index contributed by atoms with van der Waals surface area (Å²) in [5.41, 5.74) is 3.17. The van der Waals surface area contributed by atoms with Gasteiger partial charge in [0, 0.05) is 43.7 Å². The third-order valence-electron chi connectivity index (χ3n) is 7.59. The first-order valence-electron chi connectivity index (χ1n) is 14.0. The predicted octanol–water partition coefficient (Wildman–Crippen LogP) is 5.51. The largest absolute Gasteiger partial charge is 0.444 e. The minimum Gasteiger partial charge on any atom is -0.444 e. The molecule has 4 aromatic rings. The molecule has 1 N–H and O–H groups in total. The van der Waals surface area contributed by atoms with Crippen molar-refractivity contribution in [3.05, 3.63) is 54.4 Å². The quantitative estimate of drug-likeness (QED) is 0.350. The molecule has 2 aliphatic heterocycles. The van der Waals surface area contributed by atoms with Crippen LogP contribution < -0.4 is 10.2 Å². The van der Waals surface area contributed by atoms with Gasteiger partial charge in [0.05, 0.1) is 29.1 Å². The molecule has 1 aromatic carbocycles. The summed E-state index contributed by atoms with van der Waals surface area (Å²) in [5.74, 6) is 1.37. The molecule has 1 saturated heterocycles. The second-order valence-corrected chi connectivity index (χ2v) is 12.3. The Hall–Kier alpha value is -4.28. The molecule has 1 fully saturated rings. The van der Waals surface area contributed by atoms with Crippen LogP contribution in [0.1, 0.15) is 46.9 Å². The van der Waals surface area contributed by atoms with Crippen LogP contribution in [0.15, 0.2) is 42.7 Å². The Balaban J connectivity index is 1.15. The van der Waals surface area contributed by atoms with Crippen LogP contribution in [0.4, 0.5) is 26.6 Å². The van der Waals surface area contributed by atoms with Gasteiger partial charge in [-0.15, -0.1) is 0 Å². The zero-order valence-corrected chi connectivity index (χ0v) is 24.1. The van der Waals surface area contributed by atoms with E-state index in [2.05, 4.69) is 43.6 Å². The smallest absolute Gasteiger partial charge is 0.410 e. The molecule has 6 rings (SSSR count). The lowest BCUT2D eigenvalue weighted by molar-refractivity contribution is 0.0240. The van der Waals surface area contributed by atoms with Crippen molar-refractivity contribution in [1.82, 2.24) is 29.4 Å². The maximum atomic E-state index is 14.9. The Kier molecular flexibility index (Phi) is 6.55. The van der Waals surface area contributed by atoms with Gasteiger partial charge in [0.2, 0.25) is 5.95 Å². The highest BCUT2D eigenvalue weighted by molar-refractivity contribution is 5.83. The number of benzene rings is 1. The molecule has 1 amide bonds. The zero-order valence-electron chi connectivity index (χ0n) is 24.1. The van der Waals surface area contributed by atoms with E-state index < -0.39 is 11.4 Å². The summed E-state index contributed by atoms with van der Waals surface area (Å²) in [4.78, 5) is 34.2. The number of hydrogen-bond acceptors (Lipinski definition) is 8. The second-order valence-electron chi connectivity index (χ2n) is 12.3. The van der Waals surface area contributed by atoms with Crippen molar-refractivity contribution in [2.24, 2.45) is 0 Å². The van der Waals surface area contributed by atoms with Gasteiger partial charge < -0.3 is 24.4 Å². The second kappa shape index (κ2) is 9.97. The standard InChI is InChI=1S/C30H35FN8O2/c1-29(2,3)41-28(40)38-14-12-37(13-15-38)20-7-9-24(32-17-20)35-27-33-18-21(31)26(36-27)19-6-8-22-23(16-19)39-25(34-22)10-11-30(39,4)5/h6-9,16-18H,10-15H2,1-5H3,(H,32,33,35,36). The number of hydrogen-bond donors (Lipinski definition) is 1. The fraction of sp³-hybridized carbons (Fsp3) is 0.433. The van der Waals surface area contributed by atoms with Crippen molar-refractivity contribution in [3.63, 3.8) is 0 Å². The lowest BCUT2D eigenvalue weighted by Crippen LogP contribution is -2.50. The number of carbonyl (C=O) groups is 1. The van der Waals surface area contributed by atoms with Gasteiger partial charge in [-0.25, -0.2) is 29.1 Å². The summed E-state index contributed by atoms with van der Waals surface area (Å²) in [6.45, 7) is 12.5. The first-order valence-corrected chi connectivity index (χ1v) is 14.0. The van der Waals surface area contributed by atoms with Crippen molar-refractivity contribution in [1.29, 1.82) is 0 Å². The predicted molar refractivity (Wildman–Crippen MR) is 156 cm³/mol. The Morgan fingerprint density at radius 2 is 1.80 bits per heavy atom. The molecule has 0 atom stereocenters. The van der Waals surface area contributed by atoms with Crippen molar-refractivity contribution >= 4 is 34.6 Å². The van der Waals surface area contributed by atoms with E-state index in [1.54, 1.807) is 11.1 Å². The summed E-state index contributed by atoms with van der Waals surface area (Å²) in [6.07, 6.45) is 4.62. The first kappa shape index (κ1) is 26.9. The number of ether oxygens (including phenoxy) is 1. The Labute approximate surface area is 238 Å². The first-order chi connectivity index (χ1) is 19.5. The number of halogens is 1. The third-order valence-corrected chi connectivity index (χ3v) is 7.59. The normalized spacial score (nSPS) is 16.6. The summed E-state index contributed by atoms with van der Waals surface area (Å²) >= 11 is 0. The van der Waals surface area contributed by atoms with Crippen LogP contribution in [0.3, 0.4) is 0 Å². The molecule has 10 nitrogen and oxygen atoms in total. The molecule has 11 heteroatoms. The average molecular weight is 559 g/mol. The number of fused-ring (bicyclic) bond motifs is 3. The number of nitrogens with zero attached hydrogens (tertiary/aromatic N) is 7. The van der Waals surface area contributed by atoms with Crippen LogP contribution in [0.5, 0.6) is 0 Å². The Morgan fingerprint density at radius 1 is 1.02 bits per heavy atom. The van der Waals surface area contributed by atoms with Crippen molar-refractivity contribution < 1.29 is 13.9 Å². The van der Waals surface area contributed by atoms with E-state index in [4.69, 9.17) is 9.72 Å². The van der Waals surface area contributed by atoms with Crippen LogP contribution in [-0.4, -0.2) is 67.3 Å². The van der Waals surface area contributed by atoms with Crippen molar-refractivity contribution in [2.45, 2.75) is 58.6 Å². The van der Waals surface area contributed by atoms with Gasteiger partial charge in [0.15, 0.2) is 5.82 Å². The molecular weight excluding hydrogens is 523 g/mol. The highest BCUT2D eigenvalue weighted by Crippen LogP contribution is 2.37. The van der Waals surface area contributed by atoms with Gasteiger partial charge in [-0.2, -0.15) is 0 Å². The zero-order chi connectivity index (χ0) is 28.9. The number of aryl methyl sites for hydroxylation is 1. The molecule has 0 spiro atoms. The SMILES string of the molecule is CC(C)(C)OC(=O)N1CCN(c2ccc(Nc3ncc(F)c(-c4ccc5nc6n(c5c4)C(C)(C)CC6)n3)nc2)CC1. The van der Waals surface area contributed by atoms with E-state index in [1.165, 1.54) is 6.20 Å². The van der Waals surface area contributed by atoms with Crippen molar-refractivity contribution in [2.75, 3.05) is 36.4 Å².